The fraction of sp³-hybridized carbons (Fsp3) is 0.200. The van der Waals surface area contributed by atoms with Crippen molar-refractivity contribution in [2.24, 2.45) is 5.92 Å². The highest BCUT2D eigenvalue weighted by molar-refractivity contribution is 6.32. The van der Waals surface area contributed by atoms with Crippen molar-refractivity contribution < 1.29 is 14.3 Å². The maximum atomic E-state index is 14.0. The quantitative estimate of drug-likeness (QED) is 0.223. The van der Waals surface area contributed by atoms with E-state index in [2.05, 4.69) is 22.6 Å². The normalized spacial score (nSPS) is 14.6. The summed E-state index contributed by atoms with van der Waals surface area (Å²) >= 11 is 6.63. The van der Waals surface area contributed by atoms with Crippen LogP contribution in [-0.2, 0) is 4.79 Å². The maximum absolute atomic E-state index is 14.0. The smallest absolute Gasteiger partial charge is 0.244 e. The molecule has 1 fully saturated rings. The standard InChI is InChI=1S/C30H27ClFN3O2/c31-26-18-24(32)10-11-25(26)30(21-2-1-3-21)29(23-9-12-27-33-14-16-35(27)19-23)22-7-4-20(5-8-22)6-13-28(37)34-15-17-36/h4-14,16,18-19,21,36H,1-3,15,17H2,(H,34,37)/b13-6+,30-29+. The molecule has 5 rings (SSSR count). The number of rotatable bonds is 8. The van der Waals surface area contributed by atoms with Crippen molar-refractivity contribution in [3.8, 4) is 0 Å². The molecule has 0 spiro atoms. The molecule has 5 nitrogen and oxygen atoms in total. The average Bonchev–Trinajstić information content (AvgIpc) is 3.34. The van der Waals surface area contributed by atoms with Gasteiger partial charge in [0.15, 0.2) is 0 Å². The number of nitrogens with one attached hydrogen (secondary N) is 1. The summed E-state index contributed by atoms with van der Waals surface area (Å²) in [6.45, 7) is 0.114. The average molecular weight is 516 g/mol. The number of allylic oxidation sites excluding steroid dienone is 1. The second-order valence-electron chi connectivity index (χ2n) is 9.12. The van der Waals surface area contributed by atoms with E-state index in [1.54, 1.807) is 18.3 Å². The van der Waals surface area contributed by atoms with Crippen LogP contribution in [0.2, 0.25) is 5.02 Å². The van der Waals surface area contributed by atoms with E-state index in [1.807, 2.05) is 40.9 Å². The third-order valence-corrected chi connectivity index (χ3v) is 7.03. The van der Waals surface area contributed by atoms with Crippen LogP contribution in [0.1, 0.15) is 41.5 Å². The van der Waals surface area contributed by atoms with Crippen molar-refractivity contribution in [2.45, 2.75) is 19.3 Å². The van der Waals surface area contributed by atoms with Crippen molar-refractivity contribution in [2.75, 3.05) is 13.2 Å². The summed E-state index contributed by atoms with van der Waals surface area (Å²) in [5, 5.41) is 11.9. The summed E-state index contributed by atoms with van der Waals surface area (Å²) in [6.07, 6.45) is 12.2. The van der Waals surface area contributed by atoms with Crippen LogP contribution >= 0.6 is 11.6 Å². The molecule has 0 aliphatic heterocycles. The van der Waals surface area contributed by atoms with Crippen molar-refractivity contribution >= 4 is 40.4 Å². The van der Waals surface area contributed by atoms with E-state index in [0.717, 1.165) is 58.3 Å². The van der Waals surface area contributed by atoms with Gasteiger partial charge in [-0.1, -0.05) is 48.4 Å². The van der Waals surface area contributed by atoms with Crippen LogP contribution in [0.3, 0.4) is 0 Å². The molecule has 0 unspecified atom stereocenters. The van der Waals surface area contributed by atoms with Crippen molar-refractivity contribution in [3.05, 3.63) is 112 Å². The minimum Gasteiger partial charge on any atom is -0.395 e. The molecular formula is C30H27ClFN3O2. The number of carbonyl (C=O) groups is 1. The number of aliphatic hydroxyl groups excluding tert-OH is 1. The van der Waals surface area contributed by atoms with Crippen molar-refractivity contribution in [3.63, 3.8) is 0 Å². The lowest BCUT2D eigenvalue weighted by Crippen LogP contribution is -2.24. The van der Waals surface area contributed by atoms with Gasteiger partial charge in [0.2, 0.25) is 5.91 Å². The van der Waals surface area contributed by atoms with Gasteiger partial charge in [-0.05, 0) is 82.5 Å². The third kappa shape index (κ3) is 5.50. The molecule has 37 heavy (non-hydrogen) atoms. The van der Waals surface area contributed by atoms with E-state index in [-0.39, 0.29) is 24.9 Å². The molecule has 7 heteroatoms. The minimum atomic E-state index is -0.359. The molecule has 4 aromatic rings. The van der Waals surface area contributed by atoms with Gasteiger partial charge in [0.25, 0.3) is 0 Å². The maximum Gasteiger partial charge on any atom is 0.244 e. The van der Waals surface area contributed by atoms with Gasteiger partial charge in [-0.3, -0.25) is 4.79 Å². The van der Waals surface area contributed by atoms with Crippen molar-refractivity contribution in [1.29, 1.82) is 0 Å². The zero-order chi connectivity index (χ0) is 25.8. The van der Waals surface area contributed by atoms with Crippen LogP contribution in [0.5, 0.6) is 0 Å². The van der Waals surface area contributed by atoms with Gasteiger partial charge in [0.1, 0.15) is 11.5 Å². The summed E-state index contributed by atoms with van der Waals surface area (Å²) in [7, 11) is 0. The highest BCUT2D eigenvalue weighted by Crippen LogP contribution is 2.46. The van der Waals surface area contributed by atoms with Crippen LogP contribution in [0.25, 0.3) is 22.9 Å². The van der Waals surface area contributed by atoms with E-state index >= 15 is 0 Å². The highest BCUT2D eigenvalue weighted by Gasteiger charge is 2.28. The summed E-state index contributed by atoms with van der Waals surface area (Å²) in [5.74, 6) is -0.306. The number of fused-ring (bicyclic) bond motifs is 1. The SMILES string of the molecule is O=C(/C=C/c1ccc(/C(=C(\c2ccc(F)cc2Cl)C2CCC2)c2ccc3nccn3c2)cc1)NCCO. The van der Waals surface area contributed by atoms with Crippen LogP contribution < -0.4 is 5.32 Å². The number of carbonyl (C=O) groups excluding carboxylic acids is 1. The van der Waals surface area contributed by atoms with Gasteiger partial charge in [-0.25, -0.2) is 9.37 Å². The molecule has 1 aliphatic rings. The molecule has 0 saturated heterocycles. The molecule has 188 valence electrons. The summed E-state index contributed by atoms with van der Waals surface area (Å²) in [4.78, 5) is 16.2. The molecule has 2 heterocycles. The third-order valence-electron chi connectivity index (χ3n) is 6.72. The van der Waals surface area contributed by atoms with Gasteiger partial charge in [0.05, 0.1) is 11.6 Å². The molecular weight excluding hydrogens is 489 g/mol. The molecule has 0 bridgehead atoms. The van der Waals surface area contributed by atoms with Gasteiger partial charge in [-0.2, -0.15) is 0 Å². The van der Waals surface area contributed by atoms with Crippen LogP contribution in [0, 0.1) is 11.7 Å². The Morgan fingerprint density at radius 2 is 1.92 bits per heavy atom. The Morgan fingerprint density at radius 3 is 2.62 bits per heavy atom. The minimum absolute atomic E-state index is 0.102. The van der Waals surface area contributed by atoms with E-state index in [1.165, 1.54) is 18.2 Å². The number of pyridine rings is 1. The van der Waals surface area contributed by atoms with Gasteiger partial charge in [0, 0.05) is 31.2 Å². The van der Waals surface area contributed by atoms with Crippen molar-refractivity contribution in [1.82, 2.24) is 14.7 Å². The second-order valence-corrected chi connectivity index (χ2v) is 9.53. The van der Waals surface area contributed by atoms with Crippen LogP contribution in [0.15, 0.2) is 79.3 Å². The molecule has 1 saturated carbocycles. The van der Waals surface area contributed by atoms with Gasteiger partial charge >= 0.3 is 0 Å². The fourth-order valence-electron chi connectivity index (χ4n) is 4.68. The first-order chi connectivity index (χ1) is 18.0. The molecule has 0 atom stereocenters. The number of nitrogens with zero attached hydrogens (tertiary/aromatic N) is 2. The summed E-state index contributed by atoms with van der Waals surface area (Å²) < 4.78 is 16.0. The number of aromatic nitrogens is 2. The Hall–Kier alpha value is -3.74. The number of aliphatic hydroxyl groups is 1. The Labute approximate surface area is 219 Å². The lowest BCUT2D eigenvalue weighted by molar-refractivity contribution is -0.116. The first-order valence-electron chi connectivity index (χ1n) is 12.3. The first-order valence-corrected chi connectivity index (χ1v) is 12.7. The molecule has 1 aliphatic carbocycles. The predicted molar refractivity (Wildman–Crippen MR) is 145 cm³/mol. The van der Waals surface area contributed by atoms with E-state index < -0.39 is 0 Å². The first kappa shape index (κ1) is 24.9. The van der Waals surface area contributed by atoms with Gasteiger partial charge in [-0.15, -0.1) is 0 Å². The zero-order valence-corrected chi connectivity index (χ0v) is 21.0. The lowest BCUT2D eigenvalue weighted by Gasteiger charge is -2.32. The Bertz CT molecular complexity index is 1490. The lowest BCUT2D eigenvalue weighted by atomic mass is 9.73. The fourth-order valence-corrected chi connectivity index (χ4v) is 4.95. The largest absolute Gasteiger partial charge is 0.395 e. The number of benzene rings is 2. The number of hydrogen-bond donors (Lipinski definition) is 2. The molecule has 1 amide bonds. The number of amides is 1. The topological polar surface area (TPSA) is 66.6 Å². The molecule has 2 aromatic carbocycles. The van der Waals surface area contributed by atoms with Crippen LogP contribution in [0.4, 0.5) is 4.39 Å². The Balaban J connectivity index is 1.64. The molecule has 0 radical (unpaired) electrons. The van der Waals surface area contributed by atoms with E-state index in [9.17, 15) is 9.18 Å². The van der Waals surface area contributed by atoms with Crippen LogP contribution in [-0.4, -0.2) is 33.6 Å². The second kappa shape index (κ2) is 11.1. The Kier molecular flexibility index (Phi) is 7.49. The predicted octanol–water partition coefficient (Wildman–Crippen LogP) is 6.01. The monoisotopic (exact) mass is 515 g/mol. The highest BCUT2D eigenvalue weighted by atomic mass is 35.5. The number of halogens is 2. The Morgan fingerprint density at radius 1 is 1.14 bits per heavy atom. The van der Waals surface area contributed by atoms with Gasteiger partial charge < -0.3 is 14.8 Å². The number of imidazole rings is 1. The molecule has 2 N–H and O–H groups in total. The summed E-state index contributed by atoms with van der Waals surface area (Å²) in [6, 6.07) is 16.7. The number of hydrogen-bond acceptors (Lipinski definition) is 3. The van der Waals surface area contributed by atoms with E-state index in [0.29, 0.717) is 10.9 Å². The van der Waals surface area contributed by atoms with E-state index in [4.69, 9.17) is 16.7 Å². The zero-order valence-electron chi connectivity index (χ0n) is 20.2. The molecule has 2 aromatic heterocycles. The summed E-state index contributed by atoms with van der Waals surface area (Å²) in [5.41, 5.74) is 6.75.